The Hall–Kier alpha value is -1.79. The average molecular weight is 345 g/mol. The molecule has 1 aliphatic rings. The second kappa shape index (κ2) is 6.14. The van der Waals surface area contributed by atoms with Crippen LogP contribution in [0.15, 0.2) is 18.2 Å². The molecular formula is C14H14Cl2N2O4. The number of urea groups is 1. The zero-order valence-electron chi connectivity index (χ0n) is 12.0. The number of esters is 1. The van der Waals surface area contributed by atoms with E-state index in [0.717, 1.165) is 4.90 Å². The highest BCUT2D eigenvalue weighted by Gasteiger charge is 2.49. The third kappa shape index (κ3) is 2.89. The molecule has 1 N–H and O–H groups in total. The van der Waals surface area contributed by atoms with E-state index in [1.54, 1.807) is 19.1 Å². The molecule has 1 atom stereocenters. The lowest BCUT2D eigenvalue weighted by atomic mass is 9.92. The third-order valence-electron chi connectivity index (χ3n) is 3.51. The van der Waals surface area contributed by atoms with Gasteiger partial charge >= 0.3 is 12.0 Å². The van der Waals surface area contributed by atoms with Crippen molar-refractivity contribution < 1.29 is 19.1 Å². The van der Waals surface area contributed by atoms with Crippen molar-refractivity contribution in [2.45, 2.75) is 18.9 Å². The van der Waals surface area contributed by atoms with Crippen molar-refractivity contribution in [2.75, 3.05) is 13.7 Å². The zero-order valence-corrected chi connectivity index (χ0v) is 13.5. The summed E-state index contributed by atoms with van der Waals surface area (Å²) in [5.41, 5.74) is -0.855. The van der Waals surface area contributed by atoms with Crippen LogP contribution in [0.5, 0.6) is 0 Å². The number of rotatable bonds is 4. The number of halogens is 2. The predicted molar refractivity (Wildman–Crippen MR) is 80.7 cm³/mol. The van der Waals surface area contributed by atoms with Gasteiger partial charge in [-0.05, 0) is 19.1 Å². The van der Waals surface area contributed by atoms with Gasteiger partial charge in [-0.3, -0.25) is 14.5 Å². The molecule has 1 aliphatic heterocycles. The summed E-state index contributed by atoms with van der Waals surface area (Å²) in [6.45, 7) is 1.50. The van der Waals surface area contributed by atoms with E-state index in [0.29, 0.717) is 10.6 Å². The normalized spacial score (nSPS) is 21.0. The summed E-state index contributed by atoms with van der Waals surface area (Å²) in [6, 6.07) is 4.10. The summed E-state index contributed by atoms with van der Waals surface area (Å²) in [7, 11) is 1.24. The molecule has 0 aromatic heterocycles. The second-order valence-electron chi connectivity index (χ2n) is 4.96. The first kappa shape index (κ1) is 16.6. The number of carbonyl (C=O) groups is 3. The lowest BCUT2D eigenvalue weighted by Gasteiger charge is -2.23. The van der Waals surface area contributed by atoms with E-state index in [9.17, 15) is 14.4 Å². The monoisotopic (exact) mass is 344 g/mol. The average Bonchev–Trinajstić information content (AvgIpc) is 2.67. The number of ether oxygens (including phenoxy) is 1. The van der Waals surface area contributed by atoms with Crippen molar-refractivity contribution in [2.24, 2.45) is 0 Å². The van der Waals surface area contributed by atoms with Crippen LogP contribution in [0.1, 0.15) is 18.9 Å². The van der Waals surface area contributed by atoms with Gasteiger partial charge in [-0.2, -0.15) is 0 Å². The lowest BCUT2D eigenvalue weighted by Crippen LogP contribution is -2.41. The molecule has 0 radical (unpaired) electrons. The van der Waals surface area contributed by atoms with E-state index in [4.69, 9.17) is 23.2 Å². The van der Waals surface area contributed by atoms with E-state index < -0.39 is 23.4 Å². The van der Waals surface area contributed by atoms with Gasteiger partial charge in [0.1, 0.15) is 5.54 Å². The molecule has 2 rings (SSSR count). The number of hydrogen-bond acceptors (Lipinski definition) is 4. The summed E-state index contributed by atoms with van der Waals surface area (Å²) < 4.78 is 4.51. The van der Waals surface area contributed by atoms with Crippen molar-refractivity contribution in [3.8, 4) is 0 Å². The molecule has 3 amide bonds. The Morgan fingerprint density at radius 3 is 2.64 bits per heavy atom. The van der Waals surface area contributed by atoms with Crippen LogP contribution in [0, 0.1) is 0 Å². The number of nitrogens with zero attached hydrogens (tertiary/aromatic N) is 1. The van der Waals surface area contributed by atoms with E-state index in [-0.39, 0.29) is 18.0 Å². The highest BCUT2D eigenvalue weighted by Crippen LogP contribution is 2.34. The summed E-state index contributed by atoms with van der Waals surface area (Å²) in [6.07, 6.45) is -0.0694. The molecule has 0 bridgehead atoms. The van der Waals surface area contributed by atoms with Crippen molar-refractivity contribution >= 4 is 41.1 Å². The number of benzene rings is 1. The Bertz CT molecular complexity index is 650. The smallest absolute Gasteiger partial charge is 0.325 e. The van der Waals surface area contributed by atoms with Crippen molar-refractivity contribution in [1.29, 1.82) is 0 Å². The molecule has 8 heteroatoms. The predicted octanol–water partition coefficient (Wildman–Crippen LogP) is 2.32. The van der Waals surface area contributed by atoms with Gasteiger partial charge in [-0.1, -0.05) is 29.3 Å². The van der Waals surface area contributed by atoms with Crippen LogP contribution >= 0.6 is 23.2 Å². The van der Waals surface area contributed by atoms with Crippen LogP contribution in [-0.4, -0.2) is 36.5 Å². The second-order valence-corrected chi connectivity index (χ2v) is 5.81. The van der Waals surface area contributed by atoms with Gasteiger partial charge < -0.3 is 10.1 Å². The minimum absolute atomic E-state index is 0.0574. The summed E-state index contributed by atoms with van der Waals surface area (Å²) in [5, 5.41) is 3.31. The number of methoxy groups -OCH3 is 1. The third-order valence-corrected chi connectivity index (χ3v) is 4.06. The van der Waals surface area contributed by atoms with Crippen LogP contribution in [0.2, 0.25) is 10.0 Å². The van der Waals surface area contributed by atoms with Gasteiger partial charge in [0.2, 0.25) is 0 Å². The van der Waals surface area contributed by atoms with Gasteiger partial charge in [0, 0.05) is 22.2 Å². The first-order valence-electron chi connectivity index (χ1n) is 6.46. The highest BCUT2D eigenvalue weighted by molar-refractivity contribution is 6.35. The lowest BCUT2D eigenvalue weighted by molar-refractivity contribution is -0.141. The van der Waals surface area contributed by atoms with Gasteiger partial charge in [-0.15, -0.1) is 0 Å². The molecule has 1 aromatic carbocycles. The van der Waals surface area contributed by atoms with Crippen molar-refractivity contribution in [3.05, 3.63) is 33.8 Å². The fourth-order valence-corrected chi connectivity index (χ4v) is 2.88. The number of amides is 3. The maximum Gasteiger partial charge on any atom is 0.325 e. The highest BCUT2D eigenvalue weighted by atomic mass is 35.5. The molecule has 0 saturated carbocycles. The maximum absolute atomic E-state index is 12.6. The van der Waals surface area contributed by atoms with Crippen LogP contribution < -0.4 is 5.32 Å². The number of imide groups is 1. The molecule has 0 unspecified atom stereocenters. The van der Waals surface area contributed by atoms with E-state index in [1.807, 2.05) is 0 Å². The van der Waals surface area contributed by atoms with Gasteiger partial charge in [0.15, 0.2) is 0 Å². The molecule has 1 saturated heterocycles. The van der Waals surface area contributed by atoms with E-state index in [2.05, 4.69) is 10.1 Å². The van der Waals surface area contributed by atoms with Crippen LogP contribution in [-0.2, 0) is 19.9 Å². The van der Waals surface area contributed by atoms with Gasteiger partial charge in [-0.25, -0.2) is 4.79 Å². The molecule has 22 heavy (non-hydrogen) atoms. The number of hydrogen-bond donors (Lipinski definition) is 1. The Labute approximate surface area is 137 Å². The number of nitrogens with one attached hydrogen (secondary N) is 1. The Morgan fingerprint density at radius 1 is 1.36 bits per heavy atom. The molecule has 1 heterocycles. The van der Waals surface area contributed by atoms with Crippen molar-refractivity contribution in [3.63, 3.8) is 0 Å². The SMILES string of the molecule is COC(=O)CCN1C(=O)N[C@@](C)(c2ccc(Cl)cc2Cl)C1=O. The number of carbonyl (C=O) groups excluding carboxylic acids is 3. The van der Waals surface area contributed by atoms with E-state index in [1.165, 1.54) is 13.2 Å². The van der Waals surface area contributed by atoms with E-state index >= 15 is 0 Å². The topological polar surface area (TPSA) is 75.7 Å². The maximum atomic E-state index is 12.6. The van der Waals surface area contributed by atoms with Crippen LogP contribution in [0.25, 0.3) is 0 Å². The Balaban J connectivity index is 2.27. The fourth-order valence-electron chi connectivity index (χ4n) is 2.28. The standard InChI is InChI=1S/C14H14Cl2N2O4/c1-14(9-4-3-8(15)7-10(9)16)12(20)18(13(21)17-14)6-5-11(19)22-2/h3-4,7H,5-6H2,1-2H3,(H,17,21)/t14-/m0/s1. The van der Waals surface area contributed by atoms with Crippen molar-refractivity contribution in [1.82, 2.24) is 10.2 Å². The minimum Gasteiger partial charge on any atom is -0.469 e. The Morgan fingerprint density at radius 2 is 2.05 bits per heavy atom. The Kier molecular flexibility index (Phi) is 4.63. The first-order chi connectivity index (χ1) is 10.3. The molecule has 6 nitrogen and oxygen atoms in total. The molecular weight excluding hydrogens is 331 g/mol. The molecule has 0 aliphatic carbocycles. The molecule has 0 spiro atoms. The molecule has 118 valence electrons. The molecule has 1 fully saturated rings. The molecule has 1 aromatic rings. The van der Waals surface area contributed by atoms with Crippen LogP contribution in [0.4, 0.5) is 4.79 Å². The zero-order chi connectivity index (χ0) is 16.5. The summed E-state index contributed by atoms with van der Waals surface area (Å²) >= 11 is 12.0. The largest absolute Gasteiger partial charge is 0.469 e. The minimum atomic E-state index is -1.30. The summed E-state index contributed by atoms with van der Waals surface area (Å²) in [4.78, 5) is 36.8. The fraction of sp³-hybridized carbons (Fsp3) is 0.357. The first-order valence-corrected chi connectivity index (χ1v) is 7.21. The van der Waals surface area contributed by atoms with Gasteiger partial charge in [0.25, 0.3) is 5.91 Å². The quantitative estimate of drug-likeness (QED) is 0.671. The summed E-state index contributed by atoms with van der Waals surface area (Å²) in [5.74, 6) is -0.982. The van der Waals surface area contributed by atoms with Gasteiger partial charge in [0.05, 0.1) is 13.5 Å². The van der Waals surface area contributed by atoms with Crippen LogP contribution in [0.3, 0.4) is 0 Å².